The number of alkyl halides is 2. The molecule has 0 saturated carbocycles. The highest BCUT2D eigenvalue weighted by molar-refractivity contribution is 6.31. The largest absolute Gasteiger partial charge is 0.398 e. The van der Waals surface area contributed by atoms with Crippen molar-refractivity contribution >= 4 is 34.9 Å². The Morgan fingerprint density at radius 2 is 1.97 bits per heavy atom. The average molecular weight is 432 g/mol. The fourth-order valence-electron chi connectivity index (χ4n) is 2.59. The van der Waals surface area contributed by atoms with Crippen molar-refractivity contribution in [3.8, 4) is 0 Å². The molecule has 5 N–H and O–H groups in total. The standard InChI is InChI=1S/C18H21ClF3N5O2/c1-18(2,16(21)22)26-17(29)27-6-5-25-12(8-27)13(15(24)28)14(23)9-3-4-11(20)10(19)7-9/h3-4,7,16H,5-6,8,23H2,1-2H3,(H2,24,28)(H,26,29). The molecule has 0 fully saturated rings. The van der Waals surface area contributed by atoms with Crippen LogP contribution in [0.3, 0.4) is 0 Å². The minimum atomic E-state index is -2.77. The van der Waals surface area contributed by atoms with Crippen LogP contribution >= 0.6 is 11.6 Å². The summed E-state index contributed by atoms with van der Waals surface area (Å²) in [6, 6.07) is 2.89. The molecule has 2 rings (SSSR count). The van der Waals surface area contributed by atoms with Crippen LogP contribution in [0.2, 0.25) is 5.02 Å². The van der Waals surface area contributed by atoms with Crippen molar-refractivity contribution in [2.24, 2.45) is 16.5 Å². The zero-order valence-electron chi connectivity index (χ0n) is 15.8. The van der Waals surface area contributed by atoms with Gasteiger partial charge in [-0.05, 0) is 37.6 Å². The molecule has 1 aromatic rings. The third-order valence-electron chi connectivity index (χ3n) is 4.31. The summed E-state index contributed by atoms with van der Waals surface area (Å²) >= 11 is 5.76. The lowest BCUT2D eigenvalue weighted by atomic mass is 10.0. The third-order valence-corrected chi connectivity index (χ3v) is 4.60. The van der Waals surface area contributed by atoms with E-state index in [-0.39, 0.29) is 47.2 Å². The van der Waals surface area contributed by atoms with Crippen molar-refractivity contribution in [3.63, 3.8) is 0 Å². The summed E-state index contributed by atoms with van der Waals surface area (Å²) in [5.41, 5.74) is 9.88. The normalized spacial score (nSPS) is 15.7. The molecule has 29 heavy (non-hydrogen) atoms. The number of nitrogens with two attached hydrogens (primary N) is 2. The number of nitrogens with one attached hydrogen (secondary N) is 1. The maximum Gasteiger partial charge on any atom is 0.318 e. The molecule has 3 amide bonds. The molecule has 0 spiro atoms. The molecule has 0 unspecified atom stereocenters. The van der Waals surface area contributed by atoms with Crippen LogP contribution in [0.25, 0.3) is 5.70 Å². The van der Waals surface area contributed by atoms with Gasteiger partial charge in [0.05, 0.1) is 40.6 Å². The van der Waals surface area contributed by atoms with Crippen LogP contribution in [0.15, 0.2) is 28.8 Å². The first-order chi connectivity index (χ1) is 13.4. The number of rotatable bonds is 5. The fraction of sp³-hybridized carbons (Fsp3) is 0.389. The van der Waals surface area contributed by atoms with Gasteiger partial charge in [0.1, 0.15) is 5.82 Å². The Bertz CT molecular complexity index is 886. The summed E-state index contributed by atoms with van der Waals surface area (Å²) in [5, 5.41) is 2.05. The molecule has 0 aromatic heterocycles. The second-order valence-electron chi connectivity index (χ2n) is 6.98. The molecule has 1 heterocycles. The van der Waals surface area contributed by atoms with E-state index < -0.39 is 29.7 Å². The highest BCUT2D eigenvalue weighted by Gasteiger charge is 2.34. The Morgan fingerprint density at radius 3 is 2.52 bits per heavy atom. The van der Waals surface area contributed by atoms with E-state index in [4.69, 9.17) is 23.1 Å². The maximum atomic E-state index is 13.4. The number of halogens is 4. The van der Waals surface area contributed by atoms with Gasteiger partial charge in [0.25, 0.3) is 12.3 Å². The van der Waals surface area contributed by atoms with Crippen LogP contribution < -0.4 is 16.8 Å². The van der Waals surface area contributed by atoms with E-state index in [1.165, 1.54) is 30.9 Å². The molecule has 0 atom stereocenters. The number of benzene rings is 1. The van der Waals surface area contributed by atoms with Crippen LogP contribution in [0, 0.1) is 5.82 Å². The van der Waals surface area contributed by atoms with Crippen molar-refractivity contribution in [2.45, 2.75) is 25.8 Å². The minimum Gasteiger partial charge on any atom is -0.398 e. The fourth-order valence-corrected chi connectivity index (χ4v) is 2.78. The average Bonchev–Trinajstić information content (AvgIpc) is 2.63. The van der Waals surface area contributed by atoms with Crippen molar-refractivity contribution in [1.29, 1.82) is 0 Å². The third kappa shape index (κ3) is 5.20. The lowest BCUT2D eigenvalue weighted by Gasteiger charge is -2.32. The van der Waals surface area contributed by atoms with Gasteiger partial charge in [0, 0.05) is 6.54 Å². The summed E-state index contributed by atoms with van der Waals surface area (Å²) in [6.45, 7) is 2.49. The summed E-state index contributed by atoms with van der Waals surface area (Å²) in [6.07, 6.45) is -2.77. The molecule has 1 aromatic carbocycles. The maximum absolute atomic E-state index is 13.4. The predicted molar refractivity (Wildman–Crippen MR) is 104 cm³/mol. The van der Waals surface area contributed by atoms with Crippen LogP contribution in [-0.2, 0) is 4.79 Å². The number of hydrogen-bond acceptors (Lipinski definition) is 4. The van der Waals surface area contributed by atoms with E-state index in [1.807, 2.05) is 0 Å². The quantitative estimate of drug-likeness (QED) is 0.620. The summed E-state index contributed by atoms with van der Waals surface area (Å²) in [5.74, 6) is -1.57. The Balaban J connectivity index is 2.32. The van der Waals surface area contributed by atoms with E-state index in [0.29, 0.717) is 0 Å². The van der Waals surface area contributed by atoms with Crippen LogP contribution in [0.5, 0.6) is 0 Å². The van der Waals surface area contributed by atoms with Crippen LogP contribution in [-0.4, -0.2) is 54.1 Å². The first kappa shape index (κ1) is 22.5. The first-order valence-corrected chi connectivity index (χ1v) is 8.95. The summed E-state index contributed by atoms with van der Waals surface area (Å²) in [4.78, 5) is 29.8. The van der Waals surface area contributed by atoms with Gasteiger partial charge in [-0.3, -0.25) is 9.79 Å². The van der Waals surface area contributed by atoms with Crippen molar-refractivity contribution in [1.82, 2.24) is 10.2 Å². The molecule has 158 valence electrons. The lowest BCUT2D eigenvalue weighted by molar-refractivity contribution is -0.114. The monoisotopic (exact) mass is 431 g/mol. The van der Waals surface area contributed by atoms with Gasteiger partial charge in [-0.2, -0.15) is 0 Å². The zero-order valence-corrected chi connectivity index (χ0v) is 16.6. The van der Waals surface area contributed by atoms with Crippen molar-refractivity contribution < 1.29 is 22.8 Å². The number of carbonyl (C=O) groups is 2. The topological polar surface area (TPSA) is 114 Å². The number of primary amides is 1. The van der Waals surface area contributed by atoms with E-state index in [0.717, 1.165) is 6.07 Å². The summed E-state index contributed by atoms with van der Waals surface area (Å²) in [7, 11) is 0. The number of hydrogen-bond donors (Lipinski definition) is 3. The van der Waals surface area contributed by atoms with E-state index >= 15 is 0 Å². The molecule has 0 saturated heterocycles. The predicted octanol–water partition coefficient (Wildman–Crippen LogP) is 2.14. The lowest BCUT2D eigenvalue weighted by Crippen LogP contribution is -2.56. The van der Waals surface area contributed by atoms with Crippen LogP contribution in [0.4, 0.5) is 18.0 Å². The summed E-state index contributed by atoms with van der Waals surface area (Å²) < 4.78 is 39.5. The molecule has 7 nitrogen and oxygen atoms in total. The zero-order chi connectivity index (χ0) is 21.9. The van der Waals surface area contributed by atoms with E-state index in [1.54, 1.807) is 0 Å². The number of amides is 3. The van der Waals surface area contributed by atoms with E-state index in [2.05, 4.69) is 10.3 Å². The molecule has 0 bridgehead atoms. The van der Waals surface area contributed by atoms with Gasteiger partial charge >= 0.3 is 6.03 Å². The highest BCUT2D eigenvalue weighted by atomic mass is 35.5. The Morgan fingerprint density at radius 1 is 1.31 bits per heavy atom. The van der Waals surface area contributed by atoms with Gasteiger partial charge in [-0.1, -0.05) is 11.6 Å². The Kier molecular flexibility index (Phi) is 6.78. The van der Waals surface area contributed by atoms with Gasteiger partial charge < -0.3 is 21.7 Å². The molecule has 1 aliphatic heterocycles. The number of urea groups is 1. The van der Waals surface area contributed by atoms with Gasteiger partial charge in [0.2, 0.25) is 0 Å². The van der Waals surface area contributed by atoms with Gasteiger partial charge in [-0.15, -0.1) is 0 Å². The second kappa shape index (κ2) is 8.73. The number of nitrogens with zero attached hydrogens (tertiary/aromatic N) is 2. The van der Waals surface area contributed by atoms with Gasteiger partial charge in [-0.25, -0.2) is 18.0 Å². The van der Waals surface area contributed by atoms with Crippen molar-refractivity contribution in [3.05, 3.63) is 40.2 Å². The molecule has 0 radical (unpaired) electrons. The second-order valence-corrected chi connectivity index (χ2v) is 7.39. The number of carbonyl (C=O) groups excluding carboxylic acids is 2. The highest BCUT2D eigenvalue weighted by Crippen LogP contribution is 2.23. The van der Waals surface area contributed by atoms with Crippen LogP contribution in [0.1, 0.15) is 19.4 Å². The Hall–Kier alpha value is -2.75. The van der Waals surface area contributed by atoms with E-state index in [9.17, 15) is 22.8 Å². The van der Waals surface area contributed by atoms with Gasteiger partial charge in [0.15, 0.2) is 0 Å². The molecular formula is C18H21ClF3N5O2. The SMILES string of the molecule is CC(C)(NC(=O)N1CCN=C(C(C(N)=O)=C(N)c2ccc(F)c(Cl)c2)C1)C(F)F. The smallest absolute Gasteiger partial charge is 0.318 e. The number of aliphatic imine (C=N–C) groups is 1. The minimum absolute atomic E-state index is 0.0895. The molecule has 0 aliphatic carbocycles. The van der Waals surface area contributed by atoms with Crippen molar-refractivity contribution in [2.75, 3.05) is 19.6 Å². The molecule has 1 aliphatic rings. The molecule has 11 heteroatoms. The molecular weight excluding hydrogens is 411 g/mol. The first-order valence-electron chi connectivity index (χ1n) is 8.58. The Labute approximate surface area is 170 Å².